The second-order valence-electron chi connectivity index (χ2n) is 9.01. The van der Waals surface area contributed by atoms with Gasteiger partial charge < -0.3 is 10.1 Å². The lowest BCUT2D eigenvalue weighted by Gasteiger charge is -2.47. The number of hydrogen-bond donors (Lipinski definition) is 1. The molecular weight excluding hydrogens is 356 g/mol. The quantitative estimate of drug-likeness (QED) is 0.822. The summed E-state index contributed by atoms with van der Waals surface area (Å²) < 4.78 is 5.91. The average Bonchev–Trinajstić information content (AvgIpc) is 2.95. The van der Waals surface area contributed by atoms with Gasteiger partial charge in [0.1, 0.15) is 0 Å². The van der Waals surface area contributed by atoms with Gasteiger partial charge in [-0.25, -0.2) is 0 Å². The maximum Gasteiger partial charge on any atom is 0.252 e. The van der Waals surface area contributed by atoms with Crippen molar-refractivity contribution >= 4 is 17.2 Å². The summed E-state index contributed by atoms with van der Waals surface area (Å²) in [5.41, 5.74) is 2.23. The van der Waals surface area contributed by atoms with Crippen molar-refractivity contribution in [3.05, 3.63) is 20.9 Å². The molecule has 3 aliphatic rings. The van der Waals surface area contributed by atoms with Crippen molar-refractivity contribution < 1.29 is 9.53 Å². The molecule has 1 saturated heterocycles. The summed E-state index contributed by atoms with van der Waals surface area (Å²) in [5.74, 6) is 1.47. The Morgan fingerprint density at radius 2 is 1.85 bits per heavy atom. The Morgan fingerprint density at radius 3 is 2.48 bits per heavy atom. The molecular formula is C22H34N2O2S. The Balaban J connectivity index is 1.33. The van der Waals surface area contributed by atoms with Crippen LogP contribution < -0.4 is 5.32 Å². The number of likely N-dealkylation sites (tertiary alicyclic amines) is 1. The van der Waals surface area contributed by atoms with E-state index >= 15 is 0 Å². The van der Waals surface area contributed by atoms with E-state index in [9.17, 15) is 4.79 Å². The number of nitrogens with one attached hydrogen (secondary N) is 1. The van der Waals surface area contributed by atoms with E-state index in [1.54, 1.807) is 0 Å². The van der Waals surface area contributed by atoms with Gasteiger partial charge in [0, 0.05) is 35.4 Å². The Kier molecular flexibility index (Phi) is 5.64. The van der Waals surface area contributed by atoms with Gasteiger partial charge in [-0.1, -0.05) is 6.92 Å². The Labute approximate surface area is 167 Å². The molecule has 1 saturated carbocycles. The van der Waals surface area contributed by atoms with Gasteiger partial charge >= 0.3 is 0 Å². The maximum absolute atomic E-state index is 12.2. The summed E-state index contributed by atoms with van der Waals surface area (Å²) >= 11 is 1.91. The highest BCUT2D eigenvalue weighted by Gasteiger charge is 2.37. The molecule has 0 unspecified atom stereocenters. The fourth-order valence-electron chi connectivity index (χ4n) is 5.30. The van der Waals surface area contributed by atoms with Crippen LogP contribution in [0.15, 0.2) is 0 Å². The van der Waals surface area contributed by atoms with E-state index in [-0.39, 0.29) is 5.91 Å². The van der Waals surface area contributed by atoms with E-state index in [1.165, 1.54) is 41.0 Å². The van der Waals surface area contributed by atoms with Crippen LogP contribution in [0.5, 0.6) is 0 Å². The van der Waals surface area contributed by atoms with E-state index in [0.29, 0.717) is 18.1 Å². The minimum Gasteiger partial charge on any atom is -0.373 e. The van der Waals surface area contributed by atoms with Crippen LogP contribution in [0.25, 0.3) is 0 Å². The first-order valence-electron chi connectivity index (χ1n) is 10.7. The minimum atomic E-state index is 0.142. The Bertz CT molecular complexity index is 685. The van der Waals surface area contributed by atoms with Crippen LogP contribution >= 0.6 is 11.3 Å². The molecule has 1 aromatic heterocycles. The van der Waals surface area contributed by atoms with Crippen LogP contribution in [-0.2, 0) is 11.2 Å². The van der Waals surface area contributed by atoms with Crippen molar-refractivity contribution in [1.29, 1.82) is 0 Å². The minimum absolute atomic E-state index is 0.142. The fourth-order valence-corrected chi connectivity index (χ4v) is 6.75. The summed E-state index contributed by atoms with van der Waals surface area (Å²) in [5, 5.41) is 3.01. The summed E-state index contributed by atoms with van der Waals surface area (Å²) in [6.45, 7) is 11.8. The largest absolute Gasteiger partial charge is 0.373 e. The molecule has 0 radical (unpaired) electrons. The fraction of sp³-hybridized carbons (Fsp3) is 0.773. The topological polar surface area (TPSA) is 41.6 Å². The van der Waals surface area contributed by atoms with Gasteiger partial charge in [0.15, 0.2) is 0 Å². The normalized spacial score (nSPS) is 28.0. The first-order valence-corrected chi connectivity index (χ1v) is 11.6. The van der Waals surface area contributed by atoms with Crippen molar-refractivity contribution in [2.45, 2.75) is 84.0 Å². The van der Waals surface area contributed by atoms with Crippen molar-refractivity contribution in [3.8, 4) is 0 Å². The zero-order chi connectivity index (χ0) is 19.1. The molecule has 27 heavy (non-hydrogen) atoms. The Hall–Kier alpha value is -0.910. The van der Waals surface area contributed by atoms with Crippen LogP contribution in [0.2, 0.25) is 0 Å². The second kappa shape index (κ2) is 7.84. The molecule has 2 fully saturated rings. The molecule has 1 aliphatic carbocycles. The van der Waals surface area contributed by atoms with Gasteiger partial charge in [-0.3, -0.25) is 9.69 Å². The van der Waals surface area contributed by atoms with Crippen LogP contribution in [0.1, 0.15) is 78.0 Å². The third kappa shape index (κ3) is 3.83. The number of amides is 1. The van der Waals surface area contributed by atoms with Gasteiger partial charge in [0.05, 0.1) is 17.8 Å². The molecule has 1 atom stereocenters. The third-order valence-corrected chi connectivity index (χ3v) is 8.39. The molecule has 0 spiro atoms. The van der Waals surface area contributed by atoms with Crippen LogP contribution in [0, 0.1) is 12.8 Å². The van der Waals surface area contributed by atoms with Crippen LogP contribution in [0.3, 0.4) is 0 Å². The zero-order valence-corrected chi connectivity index (χ0v) is 18.0. The predicted molar refractivity (Wildman–Crippen MR) is 111 cm³/mol. The molecule has 4 nitrogen and oxygen atoms in total. The molecule has 3 heterocycles. The van der Waals surface area contributed by atoms with E-state index in [1.807, 2.05) is 11.3 Å². The van der Waals surface area contributed by atoms with Crippen molar-refractivity contribution in [2.75, 3.05) is 19.6 Å². The summed E-state index contributed by atoms with van der Waals surface area (Å²) in [6, 6.07) is 0.754. The third-order valence-electron chi connectivity index (χ3n) is 6.84. The summed E-state index contributed by atoms with van der Waals surface area (Å²) in [6.07, 6.45) is 7.05. The second-order valence-corrected chi connectivity index (χ2v) is 10.2. The first kappa shape index (κ1) is 19.4. The maximum atomic E-state index is 12.2. The number of carbonyl (C=O) groups excluding carboxylic acids is 1. The number of thiophene rings is 1. The van der Waals surface area contributed by atoms with Gasteiger partial charge in [0.2, 0.25) is 0 Å². The number of ether oxygens (including phenoxy) is 1. The smallest absolute Gasteiger partial charge is 0.252 e. The first-order chi connectivity index (χ1) is 12.9. The van der Waals surface area contributed by atoms with E-state index < -0.39 is 0 Å². The lowest BCUT2D eigenvalue weighted by atomic mass is 9.76. The number of hydrogen-bond acceptors (Lipinski definition) is 4. The Morgan fingerprint density at radius 1 is 1.15 bits per heavy atom. The van der Waals surface area contributed by atoms with Crippen molar-refractivity contribution in [3.63, 3.8) is 0 Å². The lowest BCUT2D eigenvalue weighted by molar-refractivity contribution is -0.100. The van der Waals surface area contributed by atoms with Gasteiger partial charge in [-0.2, -0.15) is 0 Å². The van der Waals surface area contributed by atoms with Crippen LogP contribution in [-0.4, -0.2) is 48.7 Å². The van der Waals surface area contributed by atoms with E-state index in [0.717, 1.165) is 43.6 Å². The molecule has 150 valence electrons. The van der Waals surface area contributed by atoms with Crippen molar-refractivity contribution in [1.82, 2.24) is 10.2 Å². The number of fused-ring (bicyclic) bond motifs is 1. The molecule has 1 aromatic rings. The van der Waals surface area contributed by atoms with Gasteiger partial charge in [0.25, 0.3) is 5.91 Å². The lowest BCUT2D eigenvalue weighted by Crippen LogP contribution is -2.57. The molecule has 0 aromatic carbocycles. The molecule has 0 bridgehead atoms. The molecule has 1 amide bonds. The average molecular weight is 391 g/mol. The summed E-state index contributed by atoms with van der Waals surface area (Å²) in [7, 11) is 0. The summed E-state index contributed by atoms with van der Waals surface area (Å²) in [4.78, 5) is 17.7. The molecule has 2 aliphatic heterocycles. The van der Waals surface area contributed by atoms with Gasteiger partial charge in [-0.05, 0) is 70.3 Å². The highest BCUT2D eigenvalue weighted by Crippen LogP contribution is 2.43. The molecule has 5 heteroatoms. The zero-order valence-electron chi connectivity index (χ0n) is 17.2. The number of nitrogens with zero attached hydrogens (tertiary/aromatic N) is 1. The highest BCUT2D eigenvalue weighted by atomic mass is 32.1. The number of rotatable bonds is 5. The van der Waals surface area contributed by atoms with Crippen molar-refractivity contribution in [2.24, 2.45) is 5.92 Å². The van der Waals surface area contributed by atoms with E-state index in [2.05, 4.69) is 37.9 Å². The highest BCUT2D eigenvalue weighted by molar-refractivity contribution is 7.12. The van der Waals surface area contributed by atoms with E-state index in [4.69, 9.17) is 4.74 Å². The predicted octanol–water partition coefficient (Wildman–Crippen LogP) is 4.11. The SMILES string of the molecule is Cc1c([C@H](C)[C@H]2CC[C@H](N3CC(OC(C)C)C3)CC2)sc2c1C(=O)NCC2. The molecule has 4 rings (SSSR count). The van der Waals surface area contributed by atoms with Crippen LogP contribution in [0.4, 0.5) is 0 Å². The molecule has 1 N–H and O–H groups in total. The number of carbonyl (C=O) groups is 1. The van der Waals surface area contributed by atoms with Gasteiger partial charge in [-0.15, -0.1) is 11.3 Å². The standard InChI is InChI=1S/C22H34N2O2S/c1-13(2)26-18-11-24(12-18)17-7-5-16(6-8-17)14(3)21-15(4)20-19(27-21)9-10-23-22(20)25/h13-14,16-18H,5-12H2,1-4H3,(H,23,25)/t14-,16-,17-/m1/s1. The monoisotopic (exact) mass is 390 g/mol.